The number of nitrogens with zero attached hydrogens (tertiary/aromatic N) is 1. The number of thiophene rings is 1. The van der Waals surface area contributed by atoms with Crippen LogP contribution in [0.1, 0.15) is 31.2 Å². The smallest absolute Gasteiger partial charge is 0.203 e. The molecule has 0 amide bonds. The van der Waals surface area contributed by atoms with Gasteiger partial charge in [-0.05, 0) is 36.1 Å². The number of rotatable bonds is 9. The van der Waals surface area contributed by atoms with Gasteiger partial charge in [-0.1, -0.05) is 19.9 Å². The Hall–Kier alpha value is -1.68. The van der Waals surface area contributed by atoms with E-state index in [1.54, 1.807) is 32.7 Å². The second-order valence-electron chi connectivity index (χ2n) is 6.94. The SMILES string of the molecule is CCNC(=NCc1cc(OC)c(OC)c(OC)c1)NCC(C)(C)c1cccs1.I. The highest BCUT2D eigenvalue weighted by Gasteiger charge is 2.22. The standard InChI is InChI=1S/C21H31N3O3S.HI/c1-7-22-20(24-14-21(2,3)18-9-8-10-28-18)23-13-15-11-16(25-4)19(27-6)17(12-15)26-5;/h8-12H,7,13-14H2,1-6H3,(H2,22,23,24);1H. The average Bonchev–Trinajstić information content (AvgIpc) is 3.25. The monoisotopic (exact) mass is 533 g/mol. The summed E-state index contributed by atoms with van der Waals surface area (Å²) in [4.78, 5) is 6.07. The predicted molar refractivity (Wildman–Crippen MR) is 132 cm³/mol. The van der Waals surface area contributed by atoms with Crippen molar-refractivity contribution in [2.24, 2.45) is 4.99 Å². The largest absolute Gasteiger partial charge is 0.493 e. The first-order chi connectivity index (χ1) is 13.4. The van der Waals surface area contributed by atoms with Crippen molar-refractivity contribution < 1.29 is 14.2 Å². The Morgan fingerprint density at radius 3 is 2.21 bits per heavy atom. The number of ether oxygens (including phenoxy) is 3. The number of benzene rings is 1. The number of hydrogen-bond acceptors (Lipinski definition) is 5. The van der Waals surface area contributed by atoms with Gasteiger partial charge in [-0.15, -0.1) is 35.3 Å². The summed E-state index contributed by atoms with van der Waals surface area (Å²) in [6.45, 7) is 8.59. The summed E-state index contributed by atoms with van der Waals surface area (Å²) in [6, 6.07) is 8.10. The van der Waals surface area contributed by atoms with Gasteiger partial charge in [0.2, 0.25) is 5.75 Å². The summed E-state index contributed by atoms with van der Waals surface area (Å²) in [5.41, 5.74) is 1.00. The van der Waals surface area contributed by atoms with Gasteiger partial charge in [-0.25, -0.2) is 4.99 Å². The first-order valence-electron chi connectivity index (χ1n) is 9.30. The number of aliphatic imine (C=N–C) groups is 1. The van der Waals surface area contributed by atoms with E-state index in [0.29, 0.717) is 23.8 Å². The van der Waals surface area contributed by atoms with E-state index in [2.05, 4.69) is 48.9 Å². The van der Waals surface area contributed by atoms with E-state index in [4.69, 9.17) is 19.2 Å². The Morgan fingerprint density at radius 1 is 1.07 bits per heavy atom. The van der Waals surface area contributed by atoms with Crippen molar-refractivity contribution in [3.63, 3.8) is 0 Å². The molecule has 29 heavy (non-hydrogen) atoms. The van der Waals surface area contributed by atoms with E-state index < -0.39 is 0 Å². The Labute approximate surface area is 195 Å². The van der Waals surface area contributed by atoms with Crippen LogP contribution in [0.25, 0.3) is 0 Å². The number of halogens is 1. The summed E-state index contributed by atoms with van der Waals surface area (Å²) in [5, 5.41) is 8.88. The third kappa shape index (κ3) is 6.95. The molecule has 6 nitrogen and oxygen atoms in total. The lowest BCUT2D eigenvalue weighted by molar-refractivity contribution is 0.324. The molecule has 1 heterocycles. The quantitative estimate of drug-likeness (QED) is 0.284. The number of nitrogens with one attached hydrogen (secondary N) is 2. The van der Waals surface area contributed by atoms with Crippen molar-refractivity contribution in [1.29, 1.82) is 0 Å². The highest BCUT2D eigenvalue weighted by atomic mass is 127. The van der Waals surface area contributed by atoms with Gasteiger partial charge in [0, 0.05) is 23.4 Å². The van der Waals surface area contributed by atoms with Crippen LogP contribution in [0.15, 0.2) is 34.6 Å². The number of guanidine groups is 1. The zero-order valence-electron chi connectivity index (χ0n) is 18.0. The van der Waals surface area contributed by atoms with E-state index in [-0.39, 0.29) is 29.4 Å². The van der Waals surface area contributed by atoms with Crippen LogP contribution in [0.2, 0.25) is 0 Å². The van der Waals surface area contributed by atoms with Crippen molar-refractivity contribution in [3.8, 4) is 17.2 Å². The molecule has 2 rings (SSSR count). The normalized spacial score (nSPS) is 11.4. The third-order valence-electron chi connectivity index (χ3n) is 4.37. The maximum Gasteiger partial charge on any atom is 0.203 e. The van der Waals surface area contributed by atoms with Crippen LogP contribution in [0.4, 0.5) is 0 Å². The van der Waals surface area contributed by atoms with Gasteiger partial charge in [0.05, 0.1) is 27.9 Å². The van der Waals surface area contributed by atoms with E-state index in [1.165, 1.54) is 4.88 Å². The van der Waals surface area contributed by atoms with Crippen molar-refractivity contribution >= 4 is 41.3 Å². The maximum absolute atomic E-state index is 5.42. The van der Waals surface area contributed by atoms with Crippen molar-refractivity contribution in [2.75, 3.05) is 34.4 Å². The van der Waals surface area contributed by atoms with E-state index in [0.717, 1.165) is 24.6 Å². The topological polar surface area (TPSA) is 64.1 Å². The molecule has 1 aromatic heterocycles. The molecule has 0 spiro atoms. The fraction of sp³-hybridized carbons (Fsp3) is 0.476. The van der Waals surface area contributed by atoms with Crippen LogP contribution < -0.4 is 24.8 Å². The molecule has 0 unspecified atom stereocenters. The number of hydrogen-bond donors (Lipinski definition) is 2. The fourth-order valence-corrected chi connectivity index (χ4v) is 3.65. The van der Waals surface area contributed by atoms with Crippen molar-refractivity contribution in [2.45, 2.75) is 32.7 Å². The molecular weight excluding hydrogens is 501 g/mol. The lowest BCUT2D eigenvalue weighted by Crippen LogP contribution is -2.43. The minimum absolute atomic E-state index is 0. The minimum Gasteiger partial charge on any atom is -0.493 e. The molecule has 8 heteroatoms. The maximum atomic E-state index is 5.42. The summed E-state index contributed by atoms with van der Waals surface area (Å²) in [7, 11) is 4.83. The molecule has 0 aliphatic heterocycles. The Kier molecular flexibility index (Phi) is 10.6. The summed E-state index contributed by atoms with van der Waals surface area (Å²) in [6.07, 6.45) is 0. The molecule has 0 saturated heterocycles. The molecule has 0 atom stereocenters. The molecule has 2 aromatic rings. The Balaban J connectivity index is 0.00000420. The first kappa shape index (κ1) is 25.4. The molecule has 0 aliphatic rings. The highest BCUT2D eigenvalue weighted by molar-refractivity contribution is 14.0. The predicted octanol–water partition coefficient (Wildman–Crippen LogP) is 4.42. The first-order valence-corrected chi connectivity index (χ1v) is 10.2. The van der Waals surface area contributed by atoms with E-state index >= 15 is 0 Å². The van der Waals surface area contributed by atoms with Crippen LogP contribution in [0.3, 0.4) is 0 Å². The van der Waals surface area contributed by atoms with Crippen LogP contribution in [0, 0.1) is 0 Å². The van der Waals surface area contributed by atoms with Gasteiger partial charge in [-0.2, -0.15) is 0 Å². The lowest BCUT2D eigenvalue weighted by Gasteiger charge is -2.25. The molecule has 0 radical (unpaired) electrons. The van der Waals surface area contributed by atoms with Crippen LogP contribution in [-0.4, -0.2) is 40.4 Å². The van der Waals surface area contributed by atoms with Crippen LogP contribution in [0.5, 0.6) is 17.2 Å². The molecule has 0 aliphatic carbocycles. The van der Waals surface area contributed by atoms with E-state index in [1.807, 2.05) is 12.1 Å². The average molecular weight is 533 g/mol. The molecule has 162 valence electrons. The van der Waals surface area contributed by atoms with Crippen molar-refractivity contribution in [3.05, 3.63) is 40.1 Å². The Bertz CT molecular complexity index is 754. The Morgan fingerprint density at radius 2 is 1.72 bits per heavy atom. The molecular formula is C21H32IN3O3S. The second-order valence-corrected chi connectivity index (χ2v) is 7.89. The molecule has 0 saturated carbocycles. The molecule has 1 aromatic carbocycles. The molecule has 0 fully saturated rings. The number of methoxy groups -OCH3 is 3. The zero-order valence-corrected chi connectivity index (χ0v) is 21.1. The third-order valence-corrected chi connectivity index (χ3v) is 5.61. The molecule has 2 N–H and O–H groups in total. The van der Waals surface area contributed by atoms with Crippen LogP contribution in [-0.2, 0) is 12.0 Å². The summed E-state index contributed by atoms with van der Waals surface area (Å²) in [5.74, 6) is 2.62. The second kappa shape index (κ2) is 12.1. The van der Waals surface area contributed by atoms with Crippen LogP contribution >= 0.6 is 35.3 Å². The van der Waals surface area contributed by atoms with Gasteiger partial charge < -0.3 is 24.8 Å². The van der Waals surface area contributed by atoms with Gasteiger partial charge in [-0.3, -0.25) is 0 Å². The fourth-order valence-electron chi connectivity index (χ4n) is 2.79. The summed E-state index contributed by atoms with van der Waals surface area (Å²) >= 11 is 1.78. The van der Waals surface area contributed by atoms with Gasteiger partial charge in [0.15, 0.2) is 17.5 Å². The molecule has 0 bridgehead atoms. The van der Waals surface area contributed by atoms with E-state index in [9.17, 15) is 0 Å². The lowest BCUT2D eigenvalue weighted by atomic mass is 9.91. The highest BCUT2D eigenvalue weighted by Crippen LogP contribution is 2.38. The summed E-state index contributed by atoms with van der Waals surface area (Å²) < 4.78 is 16.2. The zero-order chi connectivity index (χ0) is 20.6. The van der Waals surface area contributed by atoms with Gasteiger partial charge in [0.1, 0.15) is 0 Å². The van der Waals surface area contributed by atoms with Crippen molar-refractivity contribution in [1.82, 2.24) is 10.6 Å². The van der Waals surface area contributed by atoms with Gasteiger partial charge >= 0.3 is 0 Å². The van der Waals surface area contributed by atoms with Gasteiger partial charge in [0.25, 0.3) is 0 Å². The minimum atomic E-state index is 0.